The lowest BCUT2D eigenvalue weighted by Crippen LogP contribution is -2.41. The van der Waals surface area contributed by atoms with Gasteiger partial charge in [-0.05, 0) is 11.1 Å². The van der Waals surface area contributed by atoms with Crippen LogP contribution in [0, 0.1) is 0 Å². The van der Waals surface area contributed by atoms with Crippen molar-refractivity contribution in [3.63, 3.8) is 0 Å². The molecule has 1 aliphatic carbocycles. The van der Waals surface area contributed by atoms with Crippen LogP contribution < -0.4 is 0 Å². The molecule has 0 saturated heterocycles. The predicted molar refractivity (Wildman–Crippen MR) is 75.6 cm³/mol. The van der Waals surface area contributed by atoms with Gasteiger partial charge in [-0.25, -0.2) is 0 Å². The number of aliphatic hydroxyl groups is 1. The maximum Gasteiger partial charge on any atom is 0.425 e. The van der Waals surface area contributed by atoms with Crippen molar-refractivity contribution >= 4 is 5.78 Å². The normalized spacial score (nSPS) is 19.7. The Morgan fingerprint density at radius 3 is 2.36 bits per heavy atom. The maximum absolute atomic E-state index is 13.6. The van der Waals surface area contributed by atoms with Crippen LogP contribution in [0.1, 0.15) is 34.8 Å². The number of hydrogen-bond donors (Lipinski definition) is 1. The Labute approximate surface area is 125 Å². The highest BCUT2D eigenvalue weighted by Crippen LogP contribution is 2.55. The second-order valence-electron chi connectivity index (χ2n) is 5.26. The molecule has 0 amide bonds. The number of hydrogen-bond acceptors (Lipinski definition) is 2. The Kier molecular flexibility index (Phi) is 3.14. The number of Topliss-reactive ketones (excluding diaryl/α,β-unsaturated/α-hetero) is 1. The summed E-state index contributed by atoms with van der Waals surface area (Å²) in [5.74, 6) is -0.252. The number of benzene rings is 2. The van der Waals surface area contributed by atoms with E-state index < -0.39 is 11.8 Å². The predicted octanol–water partition coefficient (Wildman–Crippen LogP) is 4.06. The lowest BCUT2D eigenvalue weighted by molar-refractivity contribution is -0.246. The van der Waals surface area contributed by atoms with Crippen molar-refractivity contribution in [2.24, 2.45) is 0 Å². The second kappa shape index (κ2) is 4.68. The SMILES string of the molecule is CCC(=O)c1cccc2c1-c1ccccc1C2(O)C(F)(F)F. The fourth-order valence-corrected chi connectivity index (χ4v) is 3.03. The summed E-state index contributed by atoms with van der Waals surface area (Å²) in [4.78, 5) is 12.1. The van der Waals surface area contributed by atoms with Gasteiger partial charge < -0.3 is 5.11 Å². The minimum Gasteiger partial charge on any atom is -0.372 e. The molecule has 1 atom stereocenters. The summed E-state index contributed by atoms with van der Waals surface area (Å²) in [6.07, 6.45) is -4.69. The van der Waals surface area contributed by atoms with Crippen LogP contribution >= 0.6 is 0 Å². The molecule has 0 fully saturated rings. The van der Waals surface area contributed by atoms with Crippen LogP contribution in [0.2, 0.25) is 0 Å². The van der Waals surface area contributed by atoms with Crippen LogP contribution in [0.5, 0.6) is 0 Å². The zero-order valence-corrected chi connectivity index (χ0v) is 11.7. The zero-order chi connectivity index (χ0) is 16.1. The van der Waals surface area contributed by atoms with Crippen molar-refractivity contribution in [2.75, 3.05) is 0 Å². The van der Waals surface area contributed by atoms with Gasteiger partial charge in [-0.1, -0.05) is 49.4 Å². The monoisotopic (exact) mass is 306 g/mol. The van der Waals surface area contributed by atoms with Crippen molar-refractivity contribution in [2.45, 2.75) is 25.1 Å². The third-order valence-electron chi connectivity index (χ3n) is 4.07. The van der Waals surface area contributed by atoms with E-state index >= 15 is 0 Å². The molecule has 2 aromatic rings. The quantitative estimate of drug-likeness (QED) is 0.850. The first-order chi connectivity index (χ1) is 10.3. The number of fused-ring (bicyclic) bond motifs is 3. The molecule has 0 spiro atoms. The van der Waals surface area contributed by atoms with Crippen LogP contribution in [0.15, 0.2) is 42.5 Å². The van der Waals surface area contributed by atoms with E-state index in [0.717, 1.165) is 0 Å². The van der Waals surface area contributed by atoms with Gasteiger partial charge in [0.05, 0.1) is 0 Å². The number of carbonyl (C=O) groups is 1. The van der Waals surface area contributed by atoms with E-state index in [4.69, 9.17) is 0 Å². The lowest BCUT2D eigenvalue weighted by atomic mass is 9.89. The summed E-state index contributed by atoms with van der Waals surface area (Å²) in [6, 6.07) is 9.91. The number of alkyl halides is 3. The molecule has 1 aliphatic rings. The van der Waals surface area contributed by atoms with E-state index in [0.29, 0.717) is 0 Å². The molecule has 2 nitrogen and oxygen atoms in total. The highest BCUT2D eigenvalue weighted by Gasteiger charge is 2.61. The molecule has 0 radical (unpaired) electrons. The van der Waals surface area contributed by atoms with Gasteiger partial charge in [-0.3, -0.25) is 4.79 Å². The molecule has 1 N–H and O–H groups in total. The summed E-state index contributed by atoms with van der Waals surface area (Å²) in [5.41, 5.74) is -2.93. The molecule has 0 aliphatic heterocycles. The number of rotatable bonds is 2. The van der Waals surface area contributed by atoms with E-state index in [9.17, 15) is 23.1 Å². The van der Waals surface area contributed by atoms with Gasteiger partial charge in [0.1, 0.15) is 0 Å². The molecule has 2 aromatic carbocycles. The van der Waals surface area contributed by atoms with Crippen LogP contribution in [-0.4, -0.2) is 17.1 Å². The Morgan fingerprint density at radius 1 is 1.09 bits per heavy atom. The van der Waals surface area contributed by atoms with E-state index in [-0.39, 0.29) is 40.0 Å². The van der Waals surface area contributed by atoms with Crippen molar-refractivity contribution in [1.82, 2.24) is 0 Å². The summed E-state index contributed by atoms with van der Waals surface area (Å²) in [6.45, 7) is 1.65. The fourth-order valence-electron chi connectivity index (χ4n) is 3.03. The van der Waals surface area contributed by atoms with E-state index in [2.05, 4.69) is 0 Å². The Balaban J connectivity index is 2.42. The van der Waals surface area contributed by atoms with E-state index in [1.807, 2.05) is 0 Å². The molecule has 114 valence electrons. The summed E-state index contributed by atoms with van der Waals surface area (Å²) < 4.78 is 40.7. The first-order valence-corrected chi connectivity index (χ1v) is 6.88. The van der Waals surface area contributed by atoms with Gasteiger partial charge in [-0.15, -0.1) is 0 Å². The minimum absolute atomic E-state index is 0.184. The van der Waals surface area contributed by atoms with Crippen LogP contribution in [0.4, 0.5) is 13.2 Å². The van der Waals surface area contributed by atoms with Crippen LogP contribution in [0.25, 0.3) is 11.1 Å². The van der Waals surface area contributed by atoms with Gasteiger partial charge in [0.2, 0.25) is 5.60 Å². The zero-order valence-electron chi connectivity index (χ0n) is 11.7. The van der Waals surface area contributed by atoms with Gasteiger partial charge in [0.25, 0.3) is 0 Å². The topological polar surface area (TPSA) is 37.3 Å². The van der Waals surface area contributed by atoms with Gasteiger partial charge in [-0.2, -0.15) is 13.2 Å². The molecule has 3 rings (SSSR count). The smallest absolute Gasteiger partial charge is 0.372 e. The second-order valence-corrected chi connectivity index (χ2v) is 5.26. The molecule has 5 heteroatoms. The average Bonchev–Trinajstić information content (AvgIpc) is 2.78. The summed E-state index contributed by atoms with van der Waals surface area (Å²) in [5, 5.41) is 10.5. The molecule has 0 bridgehead atoms. The maximum atomic E-state index is 13.6. The molecule has 0 heterocycles. The van der Waals surface area contributed by atoms with Crippen molar-refractivity contribution in [1.29, 1.82) is 0 Å². The minimum atomic E-state index is -4.87. The number of halogens is 3. The Bertz CT molecular complexity index is 765. The molecular formula is C17H13F3O2. The van der Waals surface area contributed by atoms with Crippen molar-refractivity contribution in [3.8, 4) is 11.1 Å². The molecule has 22 heavy (non-hydrogen) atoms. The van der Waals surface area contributed by atoms with Gasteiger partial charge in [0, 0.05) is 23.1 Å². The Morgan fingerprint density at radius 2 is 1.73 bits per heavy atom. The standard InChI is InChI=1S/C17H13F3O2/c1-2-14(21)11-7-5-9-13-15(11)10-6-3-4-8-12(10)16(13,22)17(18,19)20/h3-9,22H,2H2,1H3. The third kappa shape index (κ3) is 1.75. The van der Waals surface area contributed by atoms with Crippen molar-refractivity contribution in [3.05, 3.63) is 59.2 Å². The molecule has 0 aromatic heterocycles. The summed E-state index contributed by atoms with van der Waals surface area (Å²) in [7, 11) is 0. The van der Waals surface area contributed by atoms with Crippen molar-refractivity contribution < 1.29 is 23.1 Å². The van der Waals surface area contributed by atoms with Gasteiger partial charge >= 0.3 is 6.18 Å². The lowest BCUT2D eigenvalue weighted by Gasteiger charge is -2.28. The third-order valence-corrected chi connectivity index (χ3v) is 4.07. The first kappa shape index (κ1) is 14.8. The van der Waals surface area contributed by atoms with Crippen LogP contribution in [0.3, 0.4) is 0 Å². The largest absolute Gasteiger partial charge is 0.425 e. The van der Waals surface area contributed by atoms with E-state index in [1.165, 1.54) is 36.4 Å². The number of carbonyl (C=O) groups excluding carboxylic acids is 1. The van der Waals surface area contributed by atoms with E-state index in [1.54, 1.807) is 13.0 Å². The molecule has 0 saturated carbocycles. The first-order valence-electron chi connectivity index (χ1n) is 6.88. The van der Waals surface area contributed by atoms with Gasteiger partial charge in [0.15, 0.2) is 5.78 Å². The molecular weight excluding hydrogens is 293 g/mol. The summed E-state index contributed by atoms with van der Waals surface area (Å²) >= 11 is 0. The van der Waals surface area contributed by atoms with Crippen LogP contribution in [-0.2, 0) is 5.60 Å². The number of ketones is 1. The fraction of sp³-hybridized carbons (Fsp3) is 0.235. The Hall–Kier alpha value is -2.14. The average molecular weight is 306 g/mol. The molecule has 1 unspecified atom stereocenters. The highest BCUT2D eigenvalue weighted by atomic mass is 19.4. The highest BCUT2D eigenvalue weighted by molar-refractivity contribution is 6.04.